The molecule has 5 heteroatoms. The smallest absolute Gasteiger partial charge is 0.257 e. The number of rotatable bonds is 6. The zero-order chi connectivity index (χ0) is 17.8. The van der Waals surface area contributed by atoms with Crippen molar-refractivity contribution in [1.29, 1.82) is 5.26 Å². The third kappa shape index (κ3) is 3.98. The summed E-state index contributed by atoms with van der Waals surface area (Å²) < 4.78 is 5.84. The van der Waals surface area contributed by atoms with Crippen LogP contribution in [0.15, 0.2) is 48.5 Å². The molecule has 25 heavy (non-hydrogen) atoms. The van der Waals surface area contributed by atoms with Crippen molar-refractivity contribution in [2.45, 2.75) is 18.9 Å². The van der Waals surface area contributed by atoms with Gasteiger partial charge in [-0.25, -0.2) is 0 Å². The number of nitrogens with zero attached hydrogens (tertiary/aromatic N) is 2. The second-order valence-corrected chi connectivity index (χ2v) is 6.30. The highest BCUT2D eigenvalue weighted by molar-refractivity contribution is 5.96. The monoisotopic (exact) mass is 336 g/mol. The molecule has 1 amide bonds. The largest absolute Gasteiger partial charge is 0.455 e. The number of carbonyl (C=O) groups excluding carboxylic acids is 1. The van der Waals surface area contributed by atoms with Gasteiger partial charge in [0.15, 0.2) is 0 Å². The number of hydrogen-bond donors (Lipinski definition) is 1. The Morgan fingerprint density at radius 3 is 2.56 bits per heavy atom. The van der Waals surface area contributed by atoms with Crippen LogP contribution in [0.2, 0.25) is 0 Å². The van der Waals surface area contributed by atoms with Gasteiger partial charge in [0.05, 0.1) is 17.2 Å². The van der Waals surface area contributed by atoms with Crippen LogP contribution >= 0.6 is 0 Å². The lowest BCUT2D eigenvalue weighted by molar-refractivity contribution is 0.0643. The molecule has 0 aromatic heterocycles. The molecule has 1 saturated carbocycles. The van der Waals surface area contributed by atoms with E-state index in [1.54, 1.807) is 55.6 Å². The van der Waals surface area contributed by atoms with Crippen LogP contribution in [0.5, 0.6) is 11.5 Å². The predicted octanol–water partition coefficient (Wildman–Crippen LogP) is 3.19. The Labute approximate surface area is 147 Å². The summed E-state index contributed by atoms with van der Waals surface area (Å²) >= 11 is 0. The summed E-state index contributed by atoms with van der Waals surface area (Å²) in [6.07, 6.45) is 1.56. The molecule has 0 radical (unpaired) electrons. The van der Waals surface area contributed by atoms with Crippen molar-refractivity contribution < 1.29 is 14.6 Å². The van der Waals surface area contributed by atoms with Gasteiger partial charge in [-0.1, -0.05) is 24.3 Å². The van der Waals surface area contributed by atoms with E-state index in [1.165, 1.54) is 4.90 Å². The summed E-state index contributed by atoms with van der Waals surface area (Å²) in [5.74, 6) is 0.892. The molecule has 128 valence electrons. The lowest BCUT2D eigenvalue weighted by atomic mass is 10.1. The first-order valence-electron chi connectivity index (χ1n) is 8.29. The first-order chi connectivity index (χ1) is 12.1. The van der Waals surface area contributed by atoms with Crippen LogP contribution in [0, 0.1) is 17.2 Å². The van der Waals surface area contributed by atoms with Crippen molar-refractivity contribution in [2.75, 3.05) is 13.6 Å². The maximum Gasteiger partial charge on any atom is 0.257 e. The standard InChI is InChI=1S/C20H20N2O3/c1-22(13-17(23)14-10-11-14)20(24)16-7-3-5-9-19(16)25-18-8-4-2-6-15(18)12-21/h2-9,14,17,23H,10-11,13H2,1H3. The normalized spacial score (nSPS) is 14.4. The average molecular weight is 336 g/mol. The summed E-state index contributed by atoms with van der Waals surface area (Å²) in [4.78, 5) is 14.3. The molecule has 0 spiro atoms. The Bertz CT molecular complexity index is 809. The Balaban J connectivity index is 1.80. The molecule has 1 fully saturated rings. The van der Waals surface area contributed by atoms with Gasteiger partial charge in [-0.2, -0.15) is 5.26 Å². The van der Waals surface area contributed by atoms with Gasteiger partial charge in [0.25, 0.3) is 5.91 Å². The number of amides is 1. The molecule has 0 aliphatic heterocycles. The van der Waals surface area contributed by atoms with E-state index in [9.17, 15) is 15.2 Å². The zero-order valence-electron chi connectivity index (χ0n) is 14.1. The Morgan fingerprint density at radius 2 is 1.88 bits per heavy atom. The second-order valence-electron chi connectivity index (χ2n) is 6.30. The molecule has 0 heterocycles. The molecule has 0 saturated heterocycles. The van der Waals surface area contributed by atoms with E-state index in [0.29, 0.717) is 35.1 Å². The minimum Gasteiger partial charge on any atom is -0.455 e. The van der Waals surface area contributed by atoms with Crippen molar-refractivity contribution >= 4 is 5.91 Å². The molecule has 1 aliphatic carbocycles. The number of aliphatic hydroxyl groups is 1. The topological polar surface area (TPSA) is 73.6 Å². The molecule has 2 aromatic carbocycles. The number of hydrogen-bond acceptors (Lipinski definition) is 4. The molecule has 1 aliphatic rings. The number of aliphatic hydroxyl groups excluding tert-OH is 1. The molecular weight excluding hydrogens is 316 g/mol. The number of para-hydroxylation sites is 2. The van der Waals surface area contributed by atoms with Crippen LogP contribution in [0.25, 0.3) is 0 Å². The lowest BCUT2D eigenvalue weighted by Gasteiger charge is -2.22. The van der Waals surface area contributed by atoms with E-state index < -0.39 is 6.10 Å². The van der Waals surface area contributed by atoms with Gasteiger partial charge in [0.1, 0.15) is 17.6 Å². The van der Waals surface area contributed by atoms with Crippen molar-refractivity contribution in [3.8, 4) is 17.6 Å². The molecule has 5 nitrogen and oxygen atoms in total. The summed E-state index contributed by atoms with van der Waals surface area (Å²) in [7, 11) is 1.67. The fraction of sp³-hybridized carbons (Fsp3) is 0.300. The van der Waals surface area contributed by atoms with Gasteiger partial charge in [-0.15, -0.1) is 0 Å². The van der Waals surface area contributed by atoms with Crippen molar-refractivity contribution in [3.05, 3.63) is 59.7 Å². The van der Waals surface area contributed by atoms with E-state index in [2.05, 4.69) is 6.07 Å². The number of benzene rings is 2. The number of likely N-dealkylation sites (N-methyl/N-ethyl adjacent to an activating group) is 1. The van der Waals surface area contributed by atoms with Crippen LogP contribution in [-0.2, 0) is 0 Å². The fourth-order valence-corrected chi connectivity index (χ4v) is 2.70. The third-order valence-corrected chi connectivity index (χ3v) is 4.32. The van der Waals surface area contributed by atoms with E-state index >= 15 is 0 Å². The van der Waals surface area contributed by atoms with E-state index in [4.69, 9.17) is 4.74 Å². The highest BCUT2D eigenvalue weighted by Gasteiger charge is 2.31. The van der Waals surface area contributed by atoms with Crippen LogP contribution < -0.4 is 4.74 Å². The van der Waals surface area contributed by atoms with Crippen LogP contribution in [0.4, 0.5) is 0 Å². The highest BCUT2D eigenvalue weighted by atomic mass is 16.5. The maximum absolute atomic E-state index is 12.8. The average Bonchev–Trinajstić information content (AvgIpc) is 3.47. The second kappa shape index (κ2) is 7.37. The maximum atomic E-state index is 12.8. The van der Waals surface area contributed by atoms with Gasteiger partial charge in [-0.3, -0.25) is 4.79 Å². The van der Waals surface area contributed by atoms with Crippen molar-refractivity contribution in [1.82, 2.24) is 4.90 Å². The molecule has 2 aromatic rings. The molecule has 1 unspecified atom stereocenters. The van der Waals surface area contributed by atoms with E-state index in [1.807, 2.05) is 0 Å². The van der Waals surface area contributed by atoms with Crippen LogP contribution in [0.1, 0.15) is 28.8 Å². The van der Waals surface area contributed by atoms with E-state index in [0.717, 1.165) is 12.8 Å². The summed E-state index contributed by atoms with van der Waals surface area (Å²) in [5.41, 5.74) is 0.808. The summed E-state index contributed by atoms with van der Waals surface area (Å²) in [6, 6.07) is 15.9. The Hall–Kier alpha value is -2.84. The summed E-state index contributed by atoms with van der Waals surface area (Å²) in [5, 5.41) is 19.3. The first kappa shape index (κ1) is 17.0. The number of ether oxygens (including phenoxy) is 1. The highest BCUT2D eigenvalue weighted by Crippen LogP contribution is 2.33. The first-order valence-corrected chi connectivity index (χ1v) is 8.29. The van der Waals surface area contributed by atoms with E-state index in [-0.39, 0.29) is 5.91 Å². The molecule has 1 atom stereocenters. The Morgan fingerprint density at radius 1 is 1.24 bits per heavy atom. The van der Waals surface area contributed by atoms with Crippen molar-refractivity contribution in [2.24, 2.45) is 5.92 Å². The van der Waals surface area contributed by atoms with Gasteiger partial charge < -0.3 is 14.7 Å². The third-order valence-electron chi connectivity index (χ3n) is 4.32. The summed E-state index contributed by atoms with van der Waals surface area (Å²) in [6.45, 7) is 0.298. The van der Waals surface area contributed by atoms with Gasteiger partial charge >= 0.3 is 0 Å². The number of carbonyl (C=O) groups is 1. The minimum absolute atomic E-state index is 0.218. The quantitative estimate of drug-likeness (QED) is 0.879. The SMILES string of the molecule is CN(CC(O)C1CC1)C(=O)c1ccccc1Oc1ccccc1C#N. The molecule has 3 rings (SSSR count). The number of nitriles is 1. The predicted molar refractivity (Wildman–Crippen MR) is 93.4 cm³/mol. The van der Waals surface area contributed by atoms with Crippen LogP contribution in [-0.4, -0.2) is 35.6 Å². The minimum atomic E-state index is -0.485. The zero-order valence-corrected chi connectivity index (χ0v) is 14.1. The van der Waals surface area contributed by atoms with Crippen LogP contribution in [0.3, 0.4) is 0 Å². The molecule has 0 bridgehead atoms. The van der Waals surface area contributed by atoms with Gasteiger partial charge in [0.2, 0.25) is 0 Å². The van der Waals surface area contributed by atoms with Gasteiger partial charge in [0, 0.05) is 13.6 Å². The lowest BCUT2D eigenvalue weighted by Crippen LogP contribution is -2.35. The Kier molecular flexibility index (Phi) is 5.01. The van der Waals surface area contributed by atoms with Crippen molar-refractivity contribution in [3.63, 3.8) is 0 Å². The van der Waals surface area contributed by atoms with Gasteiger partial charge in [-0.05, 0) is 43.0 Å². The molecule has 1 N–H and O–H groups in total. The fourth-order valence-electron chi connectivity index (χ4n) is 2.70. The molecular formula is C20H20N2O3.